The Hall–Kier alpha value is -1.46. The number of halogens is 1. The molecule has 138 valence electrons. The molecule has 0 saturated carbocycles. The van der Waals surface area contributed by atoms with Gasteiger partial charge >= 0.3 is 0 Å². The monoisotopic (exact) mass is 348 g/mol. The van der Waals surface area contributed by atoms with Gasteiger partial charge in [-0.2, -0.15) is 0 Å². The van der Waals surface area contributed by atoms with Crippen LogP contribution in [0.3, 0.4) is 0 Å². The van der Waals surface area contributed by atoms with E-state index < -0.39 is 5.41 Å². The van der Waals surface area contributed by atoms with Crippen LogP contribution < -0.4 is 5.32 Å². The minimum atomic E-state index is -0.598. The van der Waals surface area contributed by atoms with Crippen LogP contribution in [0.25, 0.3) is 0 Å². The third-order valence-corrected chi connectivity index (χ3v) is 5.80. The van der Waals surface area contributed by atoms with Gasteiger partial charge in [0.15, 0.2) is 0 Å². The summed E-state index contributed by atoms with van der Waals surface area (Å²) >= 11 is 0. The lowest BCUT2D eigenvalue weighted by atomic mass is 9.73. The number of carbonyl (C=O) groups is 1. The van der Waals surface area contributed by atoms with Gasteiger partial charge in [-0.05, 0) is 56.8 Å². The number of nitrogens with zero attached hydrogens (tertiary/aromatic N) is 1. The first-order valence-corrected chi connectivity index (χ1v) is 9.48. The molecule has 5 heteroatoms. The second kappa shape index (κ2) is 8.28. The third kappa shape index (κ3) is 4.21. The molecule has 1 N–H and O–H groups in total. The van der Waals surface area contributed by atoms with Gasteiger partial charge < -0.3 is 10.1 Å². The highest BCUT2D eigenvalue weighted by molar-refractivity contribution is 5.88. The number of amides is 1. The molecule has 1 amide bonds. The molecule has 1 unspecified atom stereocenters. The van der Waals surface area contributed by atoms with E-state index in [0.29, 0.717) is 38.6 Å². The van der Waals surface area contributed by atoms with Crippen LogP contribution in [0.2, 0.25) is 0 Å². The van der Waals surface area contributed by atoms with Gasteiger partial charge in [-0.3, -0.25) is 9.69 Å². The first-order valence-electron chi connectivity index (χ1n) is 9.48. The summed E-state index contributed by atoms with van der Waals surface area (Å²) in [5.41, 5.74) is 0.292. The van der Waals surface area contributed by atoms with Crippen molar-refractivity contribution >= 4 is 5.91 Å². The molecule has 0 spiro atoms. The quantitative estimate of drug-likeness (QED) is 0.890. The van der Waals surface area contributed by atoms with E-state index in [4.69, 9.17) is 4.74 Å². The Morgan fingerprint density at radius 3 is 2.68 bits per heavy atom. The van der Waals surface area contributed by atoms with E-state index in [1.54, 1.807) is 12.1 Å². The average Bonchev–Trinajstić information content (AvgIpc) is 2.64. The normalized spacial score (nSPS) is 24.0. The van der Waals surface area contributed by atoms with Crippen molar-refractivity contribution in [2.24, 2.45) is 0 Å². The molecular weight excluding hydrogens is 319 g/mol. The molecule has 0 radical (unpaired) electrons. The van der Waals surface area contributed by atoms with Crippen molar-refractivity contribution in [1.29, 1.82) is 0 Å². The van der Waals surface area contributed by atoms with E-state index >= 15 is 0 Å². The zero-order valence-corrected chi connectivity index (χ0v) is 15.1. The number of rotatable bonds is 5. The van der Waals surface area contributed by atoms with Crippen molar-refractivity contribution in [3.63, 3.8) is 0 Å². The summed E-state index contributed by atoms with van der Waals surface area (Å²) in [5.74, 6) is -0.225. The summed E-state index contributed by atoms with van der Waals surface area (Å²) in [6.07, 6.45) is 5.08. The molecule has 25 heavy (non-hydrogen) atoms. The lowest BCUT2D eigenvalue weighted by molar-refractivity contribution is -0.130. The molecule has 2 aliphatic rings. The first-order chi connectivity index (χ1) is 12.1. The smallest absolute Gasteiger partial charge is 0.230 e. The minimum Gasteiger partial charge on any atom is -0.381 e. The second-order valence-electron chi connectivity index (χ2n) is 7.34. The number of hydrogen-bond donors (Lipinski definition) is 1. The van der Waals surface area contributed by atoms with E-state index in [1.165, 1.54) is 31.4 Å². The van der Waals surface area contributed by atoms with Crippen LogP contribution in [0.15, 0.2) is 24.3 Å². The van der Waals surface area contributed by atoms with E-state index in [-0.39, 0.29) is 11.7 Å². The van der Waals surface area contributed by atoms with Gasteiger partial charge in [0.1, 0.15) is 5.82 Å². The maximum absolute atomic E-state index is 13.3. The lowest BCUT2D eigenvalue weighted by Crippen LogP contribution is -2.50. The van der Waals surface area contributed by atoms with Gasteiger partial charge in [0.25, 0.3) is 0 Å². The van der Waals surface area contributed by atoms with Crippen molar-refractivity contribution in [2.75, 3.05) is 32.8 Å². The van der Waals surface area contributed by atoms with E-state index in [9.17, 15) is 9.18 Å². The highest BCUT2D eigenvalue weighted by atomic mass is 19.1. The van der Waals surface area contributed by atoms with E-state index in [0.717, 1.165) is 18.7 Å². The van der Waals surface area contributed by atoms with Crippen LogP contribution in [0, 0.1) is 5.82 Å². The van der Waals surface area contributed by atoms with Crippen LogP contribution >= 0.6 is 0 Å². The molecule has 0 aromatic heterocycles. The summed E-state index contributed by atoms with van der Waals surface area (Å²) < 4.78 is 18.8. The fraction of sp³-hybridized carbons (Fsp3) is 0.650. The van der Waals surface area contributed by atoms with E-state index in [2.05, 4.69) is 17.1 Å². The zero-order valence-electron chi connectivity index (χ0n) is 15.1. The van der Waals surface area contributed by atoms with Crippen molar-refractivity contribution in [3.05, 3.63) is 35.6 Å². The lowest BCUT2D eigenvalue weighted by Gasteiger charge is -2.37. The molecule has 2 heterocycles. The highest BCUT2D eigenvalue weighted by Gasteiger charge is 2.41. The largest absolute Gasteiger partial charge is 0.381 e. The molecule has 1 aromatic carbocycles. The molecule has 1 aromatic rings. The molecule has 2 aliphatic heterocycles. The Kier molecular flexibility index (Phi) is 6.07. The van der Waals surface area contributed by atoms with E-state index in [1.807, 2.05) is 0 Å². The summed E-state index contributed by atoms with van der Waals surface area (Å²) in [6, 6.07) is 6.96. The maximum atomic E-state index is 13.3. The summed E-state index contributed by atoms with van der Waals surface area (Å²) in [5, 5.41) is 3.14. The van der Waals surface area contributed by atoms with Crippen LogP contribution in [0.5, 0.6) is 0 Å². The van der Waals surface area contributed by atoms with Crippen molar-refractivity contribution in [2.45, 2.75) is 50.5 Å². The highest BCUT2D eigenvalue weighted by Crippen LogP contribution is 2.35. The number of carbonyl (C=O) groups excluding carboxylic acids is 1. The topological polar surface area (TPSA) is 41.6 Å². The molecule has 3 rings (SSSR count). The molecule has 0 aliphatic carbocycles. The number of hydrogen-bond acceptors (Lipinski definition) is 3. The fourth-order valence-corrected chi connectivity index (χ4v) is 4.11. The molecule has 2 fully saturated rings. The van der Waals surface area contributed by atoms with Gasteiger partial charge in [0.2, 0.25) is 5.91 Å². The Bertz CT molecular complexity index is 570. The Balaban J connectivity index is 1.64. The van der Waals surface area contributed by atoms with Gasteiger partial charge in [-0.1, -0.05) is 18.6 Å². The number of nitrogens with one attached hydrogen (secondary N) is 1. The molecular formula is C20H29FN2O2. The standard InChI is InChI=1S/C20H29FN2O2/c1-16-4-2-3-12-23(16)13-11-22-19(24)20(9-14-25-15-10-20)17-5-7-18(21)8-6-17/h5-8,16H,2-4,9-15H2,1H3,(H,22,24). The van der Waals surface area contributed by atoms with Gasteiger partial charge in [0, 0.05) is 32.3 Å². The number of likely N-dealkylation sites (tertiary alicyclic amines) is 1. The summed E-state index contributed by atoms with van der Waals surface area (Å²) in [6.45, 7) is 6.06. The molecule has 4 nitrogen and oxygen atoms in total. The predicted molar refractivity (Wildman–Crippen MR) is 96.0 cm³/mol. The third-order valence-electron chi connectivity index (χ3n) is 5.80. The number of ether oxygens (including phenoxy) is 1. The average molecular weight is 348 g/mol. The predicted octanol–water partition coefficient (Wildman–Crippen LogP) is 2.86. The number of benzene rings is 1. The van der Waals surface area contributed by atoms with Crippen molar-refractivity contribution < 1.29 is 13.9 Å². The van der Waals surface area contributed by atoms with Gasteiger partial charge in [-0.25, -0.2) is 4.39 Å². The van der Waals surface area contributed by atoms with Crippen LogP contribution in [-0.4, -0.2) is 49.7 Å². The fourth-order valence-electron chi connectivity index (χ4n) is 4.11. The minimum absolute atomic E-state index is 0.0482. The summed E-state index contributed by atoms with van der Waals surface area (Å²) in [7, 11) is 0. The SMILES string of the molecule is CC1CCCCN1CCNC(=O)C1(c2ccc(F)cc2)CCOCC1. The van der Waals surface area contributed by atoms with Crippen LogP contribution in [0.4, 0.5) is 4.39 Å². The Morgan fingerprint density at radius 2 is 2.00 bits per heavy atom. The molecule has 0 bridgehead atoms. The molecule has 2 saturated heterocycles. The Morgan fingerprint density at radius 1 is 1.28 bits per heavy atom. The van der Waals surface area contributed by atoms with Crippen LogP contribution in [0.1, 0.15) is 44.6 Å². The van der Waals surface area contributed by atoms with Crippen LogP contribution in [-0.2, 0) is 14.9 Å². The Labute approximate surface area is 149 Å². The second-order valence-corrected chi connectivity index (χ2v) is 7.34. The number of piperidine rings is 1. The molecule has 1 atom stereocenters. The van der Waals surface area contributed by atoms with Gasteiger partial charge in [-0.15, -0.1) is 0 Å². The first kappa shape index (κ1) is 18.3. The zero-order chi connectivity index (χ0) is 17.7. The summed E-state index contributed by atoms with van der Waals surface area (Å²) in [4.78, 5) is 15.5. The van der Waals surface area contributed by atoms with Crippen molar-refractivity contribution in [1.82, 2.24) is 10.2 Å². The van der Waals surface area contributed by atoms with Gasteiger partial charge in [0.05, 0.1) is 5.41 Å². The van der Waals surface area contributed by atoms with Crippen molar-refractivity contribution in [3.8, 4) is 0 Å². The maximum Gasteiger partial charge on any atom is 0.230 e.